The average Bonchev–Trinajstić information content (AvgIpc) is 2.76. The molecule has 114 valence electrons. The first-order valence-electron chi connectivity index (χ1n) is 6.38. The van der Waals surface area contributed by atoms with Gasteiger partial charge < -0.3 is 10.6 Å². The average molecular weight is 313 g/mol. The highest BCUT2D eigenvalue weighted by Crippen LogP contribution is 2.34. The summed E-state index contributed by atoms with van der Waals surface area (Å²) >= 11 is 0. The van der Waals surface area contributed by atoms with E-state index in [4.69, 9.17) is 0 Å². The number of amides is 1. The predicted octanol–water partition coefficient (Wildman–Crippen LogP) is 0.936. The maximum Gasteiger partial charge on any atom is 0.292 e. The fourth-order valence-electron chi connectivity index (χ4n) is 2.04. The number of nitrogens with zero attached hydrogens (tertiary/aromatic N) is 1. The summed E-state index contributed by atoms with van der Waals surface area (Å²) in [6, 6.07) is 2.81. The van der Waals surface area contributed by atoms with Crippen LogP contribution in [0.4, 0.5) is 17.1 Å². The van der Waals surface area contributed by atoms with E-state index in [2.05, 4.69) is 10.6 Å². The lowest BCUT2D eigenvalue weighted by Crippen LogP contribution is -2.17. The lowest BCUT2D eigenvalue weighted by atomic mass is 10.1. The van der Waals surface area contributed by atoms with Gasteiger partial charge in [0.25, 0.3) is 5.69 Å². The third kappa shape index (κ3) is 3.48. The number of rotatable bonds is 6. The fraction of sp³-hybridized carbons (Fsp3) is 0.417. The Hall–Kier alpha value is -2.16. The zero-order valence-electron chi connectivity index (χ0n) is 11.4. The highest BCUT2D eigenvalue weighted by molar-refractivity contribution is 7.91. The van der Waals surface area contributed by atoms with Crippen molar-refractivity contribution in [3.63, 3.8) is 0 Å². The van der Waals surface area contributed by atoms with Gasteiger partial charge in [0, 0.05) is 24.1 Å². The minimum Gasteiger partial charge on any atom is -0.378 e. The van der Waals surface area contributed by atoms with E-state index >= 15 is 0 Å². The van der Waals surface area contributed by atoms with Gasteiger partial charge in [0.15, 0.2) is 9.84 Å². The minimum absolute atomic E-state index is 0.0248. The number of sulfone groups is 1. The molecule has 8 nitrogen and oxygen atoms in total. The SMILES string of the molecule is CCS(=O)(=O)CCNc1cc2c(cc1[N+](=O)[O-])CC(=O)N2. The van der Waals surface area contributed by atoms with E-state index in [9.17, 15) is 23.3 Å². The second-order valence-electron chi connectivity index (χ2n) is 4.67. The van der Waals surface area contributed by atoms with Gasteiger partial charge in [0.2, 0.25) is 5.91 Å². The Morgan fingerprint density at radius 1 is 1.43 bits per heavy atom. The minimum atomic E-state index is -3.15. The molecule has 1 aromatic carbocycles. The van der Waals surface area contributed by atoms with Crippen LogP contribution in [0.25, 0.3) is 0 Å². The number of hydrogen-bond acceptors (Lipinski definition) is 6. The summed E-state index contributed by atoms with van der Waals surface area (Å²) in [6.07, 6.45) is 0.112. The van der Waals surface area contributed by atoms with Crippen molar-refractivity contribution < 1.29 is 18.1 Å². The molecular weight excluding hydrogens is 298 g/mol. The van der Waals surface area contributed by atoms with Crippen LogP contribution in [-0.4, -0.2) is 37.3 Å². The molecule has 0 radical (unpaired) electrons. The summed E-state index contributed by atoms with van der Waals surface area (Å²) < 4.78 is 22.8. The molecule has 1 amide bonds. The number of fused-ring (bicyclic) bond motifs is 1. The van der Waals surface area contributed by atoms with Gasteiger partial charge in [-0.1, -0.05) is 6.92 Å². The first-order valence-corrected chi connectivity index (χ1v) is 8.20. The number of hydrogen-bond donors (Lipinski definition) is 2. The molecule has 0 aromatic heterocycles. The number of benzene rings is 1. The Kier molecular flexibility index (Phi) is 4.12. The summed E-state index contributed by atoms with van der Waals surface area (Å²) in [5.74, 6) is -0.300. The summed E-state index contributed by atoms with van der Waals surface area (Å²) in [7, 11) is -3.15. The third-order valence-corrected chi connectivity index (χ3v) is 4.92. The van der Waals surface area contributed by atoms with Crippen LogP contribution in [0.1, 0.15) is 12.5 Å². The van der Waals surface area contributed by atoms with Crippen LogP contribution in [-0.2, 0) is 21.1 Å². The molecule has 9 heteroatoms. The molecule has 0 atom stereocenters. The van der Waals surface area contributed by atoms with Gasteiger partial charge >= 0.3 is 0 Å². The molecule has 2 N–H and O–H groups in total. The summed E-state index contributed by atoms with van der Waals surface area (Å²) in [5.41, 5.74) is 1.12. The van der Waals surface area contributed by atoms with E-state index in [-0.39, 0.29) is 41.8 Å². The van der Waals surface area contributed by atoms with Crippen LogP contribution in [0.2, 0.25) is 0 Å². The molecule has 1 aliphatic rings. The lowest BCUT2D eigenvalue weighted by Gasteiger charge is -2.09. The molecule has 0 saturated heterocycles. The van der Waals surface area contributed by atoms with Gasteiger partial charge in [-0.2, -0.15) is 0 Å². The third-order valence-electron chi connectivity index (χ3n) is 3.21. The van der Waals surface area contributed by atoms with E-state index in [1.165, 1.54) is 12.1 Å². The zero-order chi connectivity index (χ0) is 15.6. The molecule has 0 aliphatic carbocycles. The Bertz CT molecular complexity index is 699. The largest absolute Gasteiger partial charge is 0.378 e. The summed E-state index contributed by atoms with van der Waals surface area (Å²) in [5, 5.41) is 16.4. The van der Waals surface area contributed by atoms with E-state index in [1.54, 1.807) is 6.92 Å². The van der Waals surface area contributed by atoms with Crippen molar-refractivity contribution >= 4 is 32.8 Å². The monoisotopic (exact) mass is 313 g/mol. The number of carbonyl (C=O) groups is 1. The van der Waals surface area contributed by atoms with Crippen LogP contribution < -0.4 is 10.6 Å². The quantitative estimate of drug-likeness (QED) is 0.596. The van der Waals surface area contributed by atoms with Crippen LogP contribution in [0.5, 0.6) is 0 Å². The van der Waals surface area contributed by atoms with E-state index in [0.717, 1.165) is 0 Å². The first kappa shape index (κ1) is 15.2. The molecule has 21 heavy (non-hydrogen) atoms. The number of nitrogens with one attached hydrogen (secondary N) is 2. The Balaban J connectivity index is 2.21. The normalized spacial score (nSPS) is 13.7. The molecule has 1 heterocycles. The van der Waals surface area contributed by atoms with Crippen LogP contribution >= 0.6 is 0 Å². The van der Waals surface area contributed by atoms with Crippen molar-refractivity contribution in [2.75, 3.05) is 28.7 Å². The van der Waals surface area contributed by atoms with Crippen molar-refractivity contribution in [1.82, 2.24) is 0 Å². The van der Waals surface area contributed by atoms with E-state index in [1.807, 2.05) is 0 Å². The number of nitro benzene ring substituents is 1. The zero-order valence-corrected chi connectivity index (χ0v) is 12.2. The van der Waals surface area contributed by atoms with Crippen molar-refractivity contribution in [2.24, 2.45) is 0 Å². The van der Waals surface area contributed by atoms with Crippen molar-refractivity contribution in [3.8, 4) is 0 Å². The van der Waals surface area contributed by atoms with E-state index < -0.39 is 14.8 Å². The van der Waals surface area contributed by atoms with Gasteiger partial charge in [0.05, 0.1) is 17.1 Å². The molecule has 1 aliphatic heterocycles. The fourth-order valence-corrected chi connectivity index (χ4v) is 2.74. The van der Waals surface area contributed by atoms with Gasteiger partial charge in [-0.25, -0.2) is 8.42 Å². The Labute approximate surface area is 121 Å². The molecule has 2 rings (SSSR count). The summed E-state index contributed by atoms with van der Waals surface area (Å²) in [4.78, 5) is 21.8. The van der Waals surface area contributed by atoms with Crippen molar-refractivity contribution in [2.45, 2.75) is 13.3 Å². The Morgan fingerprint density at radius 2 is 2.14 bits per heavy atom. The number of carbonyl (C=O) groups excluding carboxylic acids is 1. The molecule has 0 unspecified atom stereocenters. The summed E-state index contributed by atoms with van der Waals surface area (Å²) in [6.45, 7) is 1.62. The maximum atomic E-state index is 11.4. The predicted molar refractivity (Wildman–Crippen MR) is 78.2 cm³/mol. The van der Waals surface area contributed by atoms with Crippen LogP contribution in [0, 0.1) is 10.1 Å². The number of anilines is 2. The second-order valence-corrected chi connectivity index (χ2v) is 7.14. The van der Waals surface area contributed by atoms with Gasteiger partial charge in [-0.05, 0) is 11.6 Å². The highest BCUT2D eigenvalue weighted by Gasteiger charge is 2.24. The van der Waals surface area contributed by atoms with Gasteiger partial charge in [-0.15, -0.1) is 0 Å². The maximum absolute atomic E-state index is 11.4. The molecule has 0 saturated carbocycles. The number of nitro groups is 1. The van der Waals surface area contributed by atoms with E-state index in [0.29, 0.717) is 11.3 Å². The van der Waals surface area contributed by atoms with Gasteiger partial charge in [-0.3, -0.25) is 14.9 Å². The van der Waals surface area contributed by atoms with Crippen LogP contribution in [0.15, 0.2) is 12.1 Å². The molecule has 0 bridgehead atoms. The molecular formula is C12H15N3O5S. The molecule has 0 fully saturated rings. The Morgan fingerprint density at radius 3 is 2.76 bits per heavy atom. The highest BCUT2D eigenvalue weighted by atomic mass is 32.2. The smallest absolute Gasteiger partial charge is 0.292 e. The molecule has 0 spiro atoms. The molecule has 1 aromatic rings. The van der Waals surface area contributed by atoms with Gasteiger partial charge in [0.1, 0.15) is 5.69 Å². The first-order chi connectivity index (χ1) is 9.82. The topological polar surface area (TPSA) is 118 Å². The van der Waals surface area contributed by atoms with Crippen LogP contribution in [0.3, 0.4) is 0 Å². The van der Waals surface area contributed by atoms with Crippen molar-refractivity contribution in [1.29, 1.82) is 0 Å². The lowest BCUT2D eigenvalue weighted by molar-refractivity contribution is -0.384. The second kappa shape index (κ2) is 5.68. The standard InChI is InChI=1S/C12H15N3O5S/c1-2-21(19,20)4-3-13-10-7-9-8(6-12(16)14-9)5-11(10)15(17)18/h5,7,13H,2-4,6H2,1H3,(H,14,16). The van der Waals surface area contributed by atoms with Crippen molar-refractivity contribution in [3.05, 3.63) is 27.8 Å².